The minimum absolute atomic E-state index is 0.321. The number of benzene rings is 1. The maximum absolute atomic E-state index is 9.33. The van der Waals surface area contributed by atoms with E-state index in [-0.39, 0.29) is 0 Å². The molecule has 0 spiro atoms. The van der Waals surface area contributed by atoms with Gasteiger partial charge in [0.05, 0.1) is 6.61 Å². The Morgan fingerprint density at radius 3 is 2.86 bits per heavy atom. The standard InChI is InChI=1S/C19H32N2O/c1-15-8-9-19(16(2)13-15)17(3)20-10-4-5-11-21-12-6-7-18(21)14-22/h8-9,13,17-18,20,22H,4-7,10-12,14H2,1-3H3. The Hall–Kier alpha value is -0.900. The van der Waals surface area contributed by atoms with Gasteiger partial charge in [-0.1, -0.05) is 23.8 Å². The summed E-state index contributed by atoms with van der Waals surface area (Å²) in [5.74, 6) is 0. The lowest BCUT2D eigenvalue weighted by molar-refractivity contribution is 0.157. The summed E-state index contributed by atoms with van der Waals surface area (Å²) in [6.45, 7) is 10.3. The van der Waals surface area contributed by atoms with E-state index in [9.17, 15) is 5.11 Å². The number of unbranched alkanes of at least 4 members (excludes halogenated alkanes) is 1. The van der Waals surface area contributed by atoms with E-state index in [1.54, 1.807) is 0 Å². The number of rotatable bonds is 8. The molecular formula is C19H32N2O. The summed E-state index contributed by atoms with van der Waals surface area (Å²) in [6.07, 6.45) is 4.82. The highest BCUT2D eigenvalue weighted by Gasteiger charge is 2.22. The van der Waals surface area contributed by atoms with Crippen LogP contribution in [0.5, 0.6) is 0 Å². The minimum atomic E-state index is 0.321. The fourth-order valence-electron chi connectivity index (χ4n) is 3.58. The van der Waals surface area contributed by atoms with E-state index in [0.717, 1.165) is 19.6 Å². The molecule has 0 bridgehead atoms. The molecule has 0 aliphatic carbocycles. The first-order chi connectivity index (χ1) is 10.6. The first-order valence-electron chi connectivity index (χ1n) is 8.77. The second-order valence-corrected chi connectivity index (χ2v) is 6.76. The molecule has 0 radical (unpaired) electrons. The highest BCUT2D eigenvalue weighted by molar-refractivity contribution is 5.32. The van der Waals surface area contributed by atoms with Crippen LogP contribution in [-0.4, -0.2) is 42.3 Å². The van der Waals surface area contributed by atoms with Crippen molar-refractivity contribution in [2.24, 2.45) is 0 Å². The van der Waals surface area contributed by atoms with Crippen molar-refractivity contribution < 1.29 is 5.11 Å². The number of hydrogen-bond donors (Lipinski definition) is 2. The minimum Gasteiger partial charge on any atom is -0.395 e. The molecule has 1 aliphatic rings. The lowest BCUT2D eigenvalue weighted by Crippen LogP contribution is -2.33. The van der Waals surface area contributed by atoms with Gasteiger partial charge in [0.25, 0.3) is 0 Å². The molecule has 124 valence electrons. The van der Waals surface area contributed by atoms with Crippen molar-refractivity contribution in [2.75, 3.05) is 26.2 Å². The van der Waals surface area contributed by atoms with Gasteiger partial charge < -0.3 is 10.4 Å². The van der Waals surface area contributed by atoms with E-state index >= 15 is 0 Å². The Morgan fingerprint density at radius 2 is 2.14 bits per heavy atom. The molecule has 1 saturated heterocycles. The van der Waals surface area contributed by atoms with Crippen LogP contribution in [0.4, 0.5) is 0 Å². The van der Waals surface area contributed by atoms with Crippen LogP contribution in [-0.2, 0) is 0 Å². The predicted molar refractivity (Wildman–Crippen MR) is 93.2 cm³/mol. The van der Waals surface area contributed by atoms with Crippen molar-refractivity contribution >= 4 is 0 Å². The van der Waals surface area contributed by atoms with E-state index in [1.807, 2.05) is 0 Å². The second kappa shape index (κ2) is 8.66. The maximum Gasteiger partial charge on any atom is 0.0586 e. The van der Waals surface area contributed by atoms with Gasteiger partial charge in [-0.2, -0.15) is 0 Å². The number of nitrogens with zero attached hydrogens (tertiary/aromatic N) is 1. The van der Waals surface area contributed by atoms with Crippen LogP contribution in [0.2, 0.25) is 0 Å². The first kappa shape index (κ1) is 17.5. The highest BCUT2D eigenvalue weighted by Crippen LogP contribution is 2.19. The molecule has 0 aromatic heterocycles. The number of aryl methyl sites for hydroxylation is 2. The molecule has 2 unspecified atom stereocenters. The predicted octanol–water partition coefficient (Wildman–Crippen LogP) is 3.19. The zero-order valence-corrected chi connectivity index (χ0v) is 14.4. The van der Waals surface area contributed by atoms with Crippen LogP contribution < -0.4 is 5.32 Å². The normalized spacial score (nSPS) is 20.5. The number of hydrogen-bond acceptors (Lipinski definition) is 3. The van der Waals surface area contributed by atoms with E-state index < -0.39 is 0 Å². The van der Waals surface area contributed by atoms with Gasteiger partial charge >= 0.3 is 0 Å². The molecule has 1 aromatic carbocycles. The third-order valence-electron chi connectivity index (χ3n) is 4.92. The van der Waals surface area contributed by atoms with Crippen LogP contribution in [0, 0.1) is 13.8 Å². The second-order valence-electron chi connectivity index (χ2n) is 6.76. The Morgan fingerprint density at radius 1 is 1.32 bits per heavy atom. The molecule has 1 aromatic rings. The van der Waals surface area contributed by atoms with Gasteiger partial charge in [0, 0.05) is 12.1 Å². The number of likely N-dealkylation sites (tertiary alicyclic amines) is 1. The molecule has 22 heavy (non-hydrogen) atoms. The fraction of sp³-hybridized carbons (Fsp3) is 0.684. The Kier molecular flexibility index (Phi) is 6.87. The fourth-order valence-corrected chi connectivity index (χ4v) is 3.58. The summed E-state index contributed by atoms with van der Waals surface area (Å²) in [5.41, 5.74) is 4.12. The van der Waals surface area contributed by atoms with Crippen molar-refractivity contribution in [1.82, 2.24) is 10.2 Å². The third kappa shape index (κ3) is 4.80. The number of aliphatic hydroxyl groups excluding tert-OH is 1. The third-order valence-corrected chi connectivity index (χ3v) is 4.92. The van der Waals surface area contributed by atoms with Crippen molar-refractivity contribution in [3.63, 3.8) is 0 Å². The van der Waals surface area contributed by atoms with Crippen molar-refractivity contribution in [3.8, 4) is 0 Å². The van der Waals surface area contributed by atoms with E-state index in [1.165, 1.54) is 42.4 Å². The van der Waals surface area contributed by atoms with Gasteiger partial charge in [-0.15, -0.1) is 0 Å². The Labute approximate surface area is 135 Å². The molecule has 3 heteroatoms. The molecular weight excluding hydrogens is 272 g/mol. The lowest BCUT2D eigenvalue weighted by atomic mass is 10.0. The van der Waals surface area contributed by atoms with Crippen LogP contribution in [0.15, 0.2) is 18.2 Å². The van der Waals surface area contributed by atoms with Gasteiger partial charge in [-0.3, -0.25) is 4.90 Å². The summed E-state index contributed by atoms with van der Waals surface area (Å²) in [6, 6.07) is 7.54. The number of nitrogens with one attached hydrogen (secondary N) is 1. The van der Waals surface area contributed by atoms with Crippen molar-refractivity contribution in [3.05, 3.63) is 34.9 Å². The largest absolute Gasteiger partial charge is 0.395 e. The van der Waals surface area contributed by atoms with E-state index in [4.69, 9.17) is 0 Å². The molecule has 2 atom stereocenters. The summed E-state index contributed by atoms with van der Waals surface area (Å²) in [4.78, 5) is 2.45. The SMILES string of the molecule is Cc1ccc(C(C)NCCCCN2CCCC2CO)c(C)c1. The van der Waals surface area contributed by atoms with Crippen LogP contribution in [0.25, 0.3) is 0 Å². The topological polar surface area (TPSA) is 35.5 Å². The molecule has 0 amide bonds. The molecule has 1 aliphatic heterocycles. The van der Waals surface area contributed by atoms with Crippen molar-refractivity contribution in [1.29, 1.82) is 0 Å². The van der Waals surface area contributed by atoms with Crippen LogP contribution >= 0.6 is 0 Å². The number of aliphatic hydroxyl groups is 1. The summed E-state index contributed by atoms with van der Waals surface area (Å²) >= 11 is 0. The average Bonchev–Trinajstić information content (AvgIpc) is 2.94. The summed E-state index contributed by atoms with van der Waals surface area (Å²) in [5, 5.41) is 13.0. The van der Waals surface area contributed by atoms with Crippen molar-refractivity contribution in [2.45, 2.75) is 58.5 Å². The Balaban J connectivity index is 1.66. The lowest BCUT2D eigenvalue weighted by Gasteiger charge is -2.22. The van der Waals surface area contributed by atoms with Gasteiger partial charge in [-0.25, -0.2) is 0 Å². The zero-order valence-electron chi connectivity index (χ0n) is 14.4. The first-order valence-corrected chi connectivity index (χ1v) is 8.77. The Bertz CT molecular complexity index is 461. The molecule has 0 saturated carbocycles. The highest BCUT2D eigenvalue weighted by atomic mass is 16.3. The molecule has 1 fully saturated rings. The van der Waals surface area contributed by atoms with E-state index in [2.05, 4.69) is 49.2 Å². The quantitative estimate of drug-likeness (QED) is 0.724. The van der Waals surface area contributed by atoms with Gasteiger partial charge in [0.2, 0.25) is 0 Å². The van der Waals surface area contributed by atoms with Gasteiger partial charge in [0.1, 0.15) is 0 Å². The molecule has 3 nitrogen and oxygen atoms in total. The smallest absolute Gasteiger partial charge is 0.0586 e. The summed E-state index contributed by atoms with van der Waals surface area (Å²) < 4.78 is 0. The average molecular weight is 304 g/mol. The molecule has 2 rings (SSSR count). The molecule has 1 heterocycles. The van der Waals surface area contributed by atoms with E-state index in [0.29, 0.717) is 18.7 Å². The van der Waals surface area contributed by atoms with Gasteiger partial charge in [-0.05, 0) is 77.2 Å². The molecule has 2 N–H and O–H groups in total. The maximum atomic E-state index is 9.33. The zero-order chi connectivity index (χ0) is 15.9. The van der Waals surface area contributed by atoms with Gasteiger partial charge in [0.15, 0.2) is 0 Å². The summed E-state index contributed by atoms with van der Waals surface area (Å²) in [7, 11) is 0. The van der Waals surface area contributed by atoms with Crippen LogP contribution in [0.1, 0.15) is 55.3 Å². The van der Waals surface area contributed by atoms with Crippen LogP contribution in [0.3, 0.4) is 0 Å². The monoisotopic (exact) mass is 304 g/mol.